The van der Waals surface area contributed by atoms with E-state index in [4.69, 9.17) is 4.52 Å². The van der Waals surface area contributed by atoms with Crippen LogP contribution < -0.4 is 5.32 Å². The lowest BCUT2D eigenvalue weighted by molar-refractivity contribution is -0.122. The standard InChI is InChI=1S/C13H14N8O2/c1-9(16-11(22)4-7-21-8-15-19-20-21)13-17-12(18-23-13)10-2-5-14-6-3-10/h2-3,5-6,8-9H,4,7H2,1H3,(H,16,22)/t9-/m1/s1. The van der Waals surface area contributed by atoms with Crippen LogP contribution >= 0.6 is 0 Å². The fourth-order valence-electron chi connectivity index (χ4n) is 1.90. The normalized spacial score (nSPS) is 12.0. The van der Waals surface area contributed by atoms with Crippen LogP contribution in [0, 0.1) is 0 Å². The molecule has 0 bridgehead atoms. The van der Waals surface area contributed by atoms with E-state index >= 15 is 0 Å². The molecule has 3 rings (SSSR count). The minimum Gasteiger partial charge on any atom is -0.345 e. The van der Waals surface area contributed by atoms with Crippen LogP contribution in [-0.2, 0) is 11.3 Å². The van der Waals surface area contributed by atoms with Gasteiger partial charge >= 0.3 is 0 Å². The number of carbonyl (C=O) groups is 1. The van der Waals surface area contributed by atoms with E-state index < -0.39 is 0 Å². The quantitative estimate of drug-likeness (QED) is 0.692. The molecule has 10 heteroatoms. The van der Waals surface area contributed by atoms with Crippen LogP contribution in [0.2, 0.25) is 0 Å². The predicted octanol–water partition coefficient (Wildman–Crippen LogP) is 0.386. The van der Waals surface area contributed by atoms with E-state index in [1.54, 1.807) is 31.5 Å². The highest BCUT2D eigenvalue weighted by atomic mass is 16.5. The first-order valence-electron chi connectivity index (χ1n) is 6.96. The van der Waals surface area contributed by atoms with E-state index in [9.17, 15) is 4.79 Å². The summed E-state index contributed by atoms with van der Waals surface area (Å²) >= 11 is 0. The average molecular weight is 314 g/mol. The second-order valence-corrected chi connectivity index (χ2v) is 4.80. The molecule has 0 saturated heterocycles. The number of pyridine rings is 1. The number of nitrogens with zero attached hydrogens (tertiary/aromatic N) is 7. The fourth-order valence-corrected chi connectivity index (χ4v) is 1.90. The van der Waals surface area contributed by atoms with Gasteiger partial charge < -0.3 is 9.84 Å². The summed E-state index contributed by atoms with van der Waals surface area (Å²) in [6, 6.07) is 3.17. The molecule has 0 saturated carbocycles. The number of hydrogen-bond donors (Lipinski definition) is 1. The average Bonchev–Trinajstić information content (AvgIpc) is 3.25. The lowest BCUT2D eigenvalue weighted by atomic mass is 10.2. The third-order valence-electron chi connectivity index (χ3n) is 3.09. The molecule has 23 heavy (non-hydrogen) atoms. The Balaban J connectivity index is 1.57. The SMILES string of the molecule is C[C@@H](NC(=O)CCn1cnnn1)c1nc(-c2ccncc2)no1. The first-order valence-corrected chi connectivity index (χ1v) is 6.96. The second-order valence-electron chi connectivity index (χ2n) is 4.80. The van der Waals surface area contributed by atoms with Gasteiger partial charge in [0.15, 0.2) is 0 Å². The minimum absolute atomic E-state index is 0.156. The van der Waals surface area contributed by atoms with Crippen LogP contribution in [0.3, 0.4) is 0 Å². The highest BCUT2D eigenvalue weighted by Gasteiger charge is 2.17. The van der Waals surface area contributed by atoms with Crippen molar-refractivity contribution in [3.8, 4) is 11.4 Å². The van der Waals surface area contributed by atoms with Gasteiger partial charge in [0.2, 0.25) is 17.6 Å². The zero-order valence-electron chi connectivity index (χ0n) is 12.3. The van der Waals surface area contributed by atoms with Gasteiger partial charge in [-0.2, -0.15) is 4.98 Å². The molecule has 0 aliphatic heterocycles. The van der Waals surface area contributed by atoms with E-state index in [2.05, 4.69) is 36.0 Å². The summed E-state index contributed by atoms with van der Waals surface area (Å²) in [5.74, 6) is 0.640. The summed E-state index contributed by atoms with van der Waals surface area (Å²) in [6.07, 6.45) is 5.00. The summed E-state index contributed by atoms with van der Waals surface area (Å²) in [7, 11) is 0. The lowest BCUT2D eigenvalue weighted by Crippen LogP contribution is -2.27. The van der Waals surface area contributed by atoms with Gasteiger partial charge in [0.1, 0.15) is 12.4 Å². The zero-order chi connectivity index (χ0) is 16.1. The van der Waals surface area contributed by atoms with Crippen molar-refractivity contribution < 1.29 is 9.32 Å². The molecule has 3 aromatic heterocycles. The maximum absolute atomic E-state index is 11.9. The maximum atomic E-state index is 11.9. The van der Waals surface area contributed by atoms with Crippen LogP contribution in [0.4, 0.5) is 0 Å². The zero-order valence-corrected chi connectivity index (χ0v) is 12.3. The molecule has 0 aromatic carbocycles. The van der Waals surface area contributed by atoms with Gasteiger partial charge in [0.25, 0.3) is 0 Å². The van der Waals surface area contributed by atoms with E-state index in [0.717, 1.165) is 5.56 Å². The first-order chi connectivity index (χ1) is 11.2. The Morgan fingerprint density at radius 3 is 2.96 bits per heavy atom. The van der Waals surface area contributed by atoms with Gasteiger partial charge in [0.05, 0.1) is 6.54 Å². The summed E-state index contributed by atoms with van der Waals surface area (Å²) in [4.78, 5) is 20.1. The number of amides is 1. The maximum Gasteiger partial charge on any atom is 0.249 e. The monoisotopic (exact) mass is 314 g/mol. The molecule has 0 unspecified atom stereocenters. The first kappa shape index (κ1) is 14.8. The number of nitrogens with one attached hydrogen (secondary N) is 1. The van der Waals surface area contributed by atoms with Crippen LogP contribution in [0.5, 0.6) is 0 Å². The molecular weight excluding hydrogens is 300 g/mol. The second kappa shape index (κ2) is 6.73. The van der Waals surface area contributed by atoms with Gasteiger partial charge in [-0.15, -0.1) is 5.10 Å². The molecule has 1 amide bonds. The molecule has 0 radical (unpaired) electrons. The highest BCUT2D eigenvalue weighted by molar-refractivity contribution is 5.76. The molecule has 10 nitrogen and oxygen atoms in total. The van der Waals surface area contributed by atoms with Crippen LogP contribution in [0.1, 0.15) is 25.3 Å². The van der Waals surface area contributed by atoms with Crippen molar-refractivity contribution in [2.75, 3.05) is 0 Å². The smallest absolute Gasteiger partial charge is 0.249 e. The van der Waals surface area contributed by atoms with E-state index in [1.807, 2.05) is 0 Å². The molecule has 0 aliphatic rings. The number of tetrazole rings is 1. The van der Waals surface area contributed by atoms with Gasteiger partial charge in [-0.05, 0) is 29.5 Å². The fraction of sp³-hybridized carbons (Fsp3) is 0.308. The van der Waals surface area contributed by atoms with Gasteiger partial charge in [0, 0.05) is 24.4 Å². The van der Waals surface area contributed by atoms with Crippen molar-refractivity contribution in [2.24, 2.45) is 0 Å². The molecule has 1 N–H and O–H groups in total. The highest BCUT2D eigenvalue weighted by Crippen LogP contribution is 2.17. The van der Waals surface area contributed by atoms with Crippen LogP contribution in [0.15, 0.2) is 35.4 Å². The Kier molecular flexibility index (Phi) is 4.32. The number of aromatic nitrogens is 7. The Morgan fingerprint density at radius 1 is 1.39 bits per heavy atom. The third-order valence-corrected chi connectivity index (χ3v) is 3.09. The number of hydrogen-bond acceptors (Lipinski definition) is 8. The van der Waals surface area contributed by atoms with E-state index in [0.29, 0.717) is 18.3 Å². The van der Waals surface area contributed by atoms with Gasteiger partial charge in [-0.25, -0.2) is 4.68 Å². The van der Waals surface area contributed by atoms with Crippen molar-refractivity contribution in [1.29, 1.82) is 0 Å². The Bertz CT molecular complexity index is 755. The third kappa shape index (κ3) is 3.73. The van der Waals surface area contributed by atoms with Gasteiger partial charge in [-0.1, -0.05) is 5.16 Å². The topological polar surface area (TPSA) is 125 Å². The Morgan fingerprint density at radius 2 is 2.22 bits per heavy atom. The molecule has 3 aromatic rings. The largest absolute Gasteiger partial charge is 0.345 e. The van der Waals surface area contributed by atoms with Crippen molar-refractivity contribution in [1.82, 2.24) is 40.6 Å². The molecule has 0 fully saturated rings. The summed E-state index contributed by atoms with van der Waals surface area (Å²) in [6.45, 7) is 2.18. The summed E-state index contributed by atoms with van der Waals surface area (Å²) < 4.78 is 6.68. The minimum atomic E-state index is -0.389. The summed E-state index contributed by atoms with van der Waals surface area (Å²) in [5.41, 5.74) is 0.798. The van der Waals surface area contributed by atoms with Gasteiger partial charge in [-0.3, -0.25) is 9.78 Å². The van der Waals surface area contributed by atoms with Crippen LogP contribution in [0.25, 0.3) is 11.4 Å². The van der Waals surface area contributed by atoms with Crippen molar-refractivity contribution in [3.63, 3.8) is 0 Å². The number of carbonyl (C=O) groups excluding carboxylic acids is 1. The lowest BCUT2D eigenvalue weighted by Gasteiger charge is -2.09. The number of aryl methyl sites for hydroxylation is 1. The van der Waals surface area contributed by atoms with E-state index in [-0.39, 0.29) is 18.4 Å². The molecule has 3 heterocycles. The summed E-state index contributed by atoms with van der Waals surface area (Å²) in [5, 5.41) is 17.4. The van der Waals surface area contributed by atoms with Crippen molar-refractivity contribution in [2.45, 2.75) is 25.9 Å². The molecule has 118 valence electrons. The predicted molar refractivity (Wildman–Crippen MR) is 76.5 cm³/mol. The van der Waals surface area contributed by atoms with E-state index in [1.165, 1.54) is 11.0 Å². The molecular formula is C13H14N8O2. The molecule has 1 atom stereocenters. The molecule has 0 spiro atoms. The number of rotatable bonds is 6. The van der Waals surface area contributed by atoms with Crippen molar-refractivity contribution in [3.05, 3.63) is 36.7 Å². The Hall–Kier alpha value is -3.17. The van der Waals surface area contributed by atoms with Crippen LogP contribution in [-0.4, -0.2) is 41.2 Å². The Labute approximate surface area is 130 Å². The van der Waals surface area contributed by atoms with Crippen molar-refractivity contribution >= 4 is 5.91 Å². The molecule has 0 aliphatic carbocycles.